The van der Waals surface area contributed by atoms with Gasteiger partial charge in [-0.05, 0) is 31.0 Å². The smallest absolute Gasteiger partial charge is 0.249 e. The van der Waals surface area contributed by atoms with E-state index in [1.165, 1.54) is 16.4 Å². The number of hydrogen-bond donors (Lipinski definition) is 2. The lowest BCUT2D eigenvalue weighted by molar-refractivity contribution is 0.0999. The maximum absolute atomic E-state index is 12.4. The predicted molar refractivity (Wildman–Crippen MR) is 78.3 cm³/mol. The molecular formula is C12H18ClN3O3S. The largest absolute Gasteiger partial charge is 0.366 e. The maximum Gasteiger partial charge on any atom is 0.249 e. The first-order valence-electron chi connectivity index (χ1n) is 5.98. The van der Waals surface area contributed by atoms with Gasteiger partial charge in [0.05, 0.1) is 4.90 Å². The number of halogens is 1. The molecule has 0 spiro atoms. The summed E-state index contributed by atoms with van der Waals surface area (Å²) in [5.41, 5.74) is 11.8. The Morgan fingerprint density at radius 3 is 2.55 bits per heavy atom. The third kappa shape index (κ3) is 3.12. The normalized spacial score (nSPS) is 19.6. The van der Waals surface area contributed by atoms with Crippen molar-refractivity contribution in [3.05, 3.63) is 29.3 Å². The van der Waals surface area contributed by atoms with Crippen LogP contribution in [0.15, 0.2) is 23.1 Å². The number of nitrogens with two attached hydrogens (primary N) is 2. The summed E-state index contributed by atoms with van der Waals surface area (Å²) in [5.74, 6) is -0.632. The van der Waals surface area contributed by atoms with Crippen LogP contribution in [0.5, 0.6) is 0 Å². The Labute approximate surface area is 124 Å². The van der Waals surface area contributed by atoms with E-state index >= 15 is 0 Å². The fourth-order valence-corrected chi connectivity index (χ4v) is 3.69. The van der Waals surface area contributed by atoms with Crippen LogP contribution in [0.4, 0.5) is 0 Å². The van der Waals surface area contributed by atoms with E-state index < -0.39 is 15.9 Å². The average Bonchev–Trinajstić information content (AvgIpc) is 2.76. The van der Waals surface area contributed by atoms with Crippen LogP contribution >= 0.6 is 12.4 Å². The van der Waals surface area contributed by atoms with Crippen molar-refractivity contribution in [1.29, 1.82) is 0 Å². The molecule has 8 heteroatoms. The Morgan fingerprint density at radius 2 is 2.05 bits per heavy atom. The fraction of sp³-hybridized carbons (Fsp3) is 0.417. The van der Waals surface area contributed by atoms with E-state index in [0.717, 1.165) is 0 Å². The number of amides is 1. The molecule has 1 fully saturated rings. The second-order valence-corrected chi connectivity index (χ2v) is 6.69. The molecule has 1 saturated heterocycles. The molecule has 2 rings (SSSR count). The Kier molecular flexibility index (Phi) is 5.15. The maximum atomic E-state index is 12.4. The van der Waals surface area contributed by atoms with Crippen LogP contribution in [0.1, 0.15) is 22.3 Å². The molecule has 1 amide bonds. The van der Waals surface area contributed by atoms with Crippen molar-refractivity contribution in [1.82, 2.24) is 4.31 Å². The minimum atomic E-state index is -3.60. The first-order valence-corrected chi connectivity index (χ1v) is 7.42. The Hall–Kier alpha value is -1.15. The van der Waals surface area contributed by atoms with Gasteiger partial charge in [-0.1, -0.05) is 6.07 Å². The van der Waals surface area contributed by atoms with Crippen LogP contribution in [-0.2, 0) is 10.0 Å². The molecule has 0 radical (unpaired) electrons. The summed E-state index contributed by atoms with van der Waals surface area (Å²) >= 11 is 0. The van der Waals surface area contributed by atoms with Crippen molar-refractivity contribution in [2.24, 2.45) is 11.5 Å². The standard InChI is InChI=1S/C12H17N3O3S.ClH/c1-8-2-3-10(6-11(8)12(14)16)19(17,18)15-5-4-9(13)7-15;/h2-3,6,9H,4-5,7,13H2,1H3,(H2,14,16);1H. The average molecular weight is 320 g/mol. The third-order valence-electron chi connectivity index (χ3n) is 3.30. The van der Waals surface area contributed by atoms with Gasteiger partial charge in [0.2, 0.25) is 15.9 Å². The molecule has 112 valence electrons. The third-order valence-corrected chi connectivity index (χ3v) is 5.16. The molecule has 20 heavy (non-hydrogen) atoms. The number of sulfonamides is 1. The van der Waals surface area contributed by atoms with Crippen LogP contribution in [-0.4, -0.2) is 37.8 Å². The molecule has 6 nitrogen and oxygen atoms in total. The predicted octanol–water partition coefficient (Wildman–Crippen LogP) is 0.237. The van der Waals surface area contributed by atoms with Gasteiger partial charge in [0, 0.05) is 24.7 Å². The second-order valence-electron chi connectivity index (χ2n) is 4.75. The molecule has 0 aromatic heterocycles. The summed E-state index contributed by atoms with van der Waals surface area (Å²) in [6.45, 7) is 2.42. The van der Waals surface area contributed by atoms with Gasteiger partial charge in [0.15, 0.2) is 0 Å². The van der Waals surface area contributed by atoms with Gasteiger partial charge in [0.1, 0.15) is 0 Å². The van der Waals surface area contributed by atoms with Crippen LogP contribution in [0.2, 0.25) is 0 Å². The van der Waals surface area contributed by atoms with Crippen LogP contribution in [0.25, 0.3) is 0 Å². The molecule has 1 aliphatic rings. The molecule has 0 aliphatic carbocycles. The molecule has 1 aromatic rings. The Bertz CT molecular complexity index is 618. The Morgan fingerprint density at radius 1 is 1.40 bits per heavy atom. The molecule has 1 atom stereocenters. The second kappa shape index (κ2) is 6.09. The SMILES string of the molecule is Cc1ccc(S(=O)(=O)N2CCC(N)C2)cc1C(N)=O.Cl. The molecule has 0 saturated carbocycles. The summed E-state index contributed by atoms with van der Waals surface area (Å²) in [4.78, 5) is 11.4. The van der Waals surface area contributed by atoms with E-state index in [1.807, 2.05) is 0 Å². The van der Waals surface area contributed by atoms with Crippen LogP contribution < -0.4 is 11.5 Å². The van der Waals surface area contributed by atoms with Gasteiger partial charge in [-0.3, -0.25) is 4.79 Å². The molecule has 4 N–H and O–H groups in total. The number of primary amides is 1. The Balaban J connectivity index is 0.00000200. The molecular weight excluding hydrogens is 302 g/mol. The van der Waals surface area contributed by atoms with E-state index in [2.05, 4.69) is 0 Å². The fourth-order valence-electron chi connectivity index (χ4n) is 2.15. The summed E-state index contributed by atoms with van der Waals surface area (Å²) in [6, 6.07) is 4.27. The quantitative estimate of drug-likeness (QED) is 0.832. The number of rotatable bonds is 3. The summed E-state index contributed by atoms with van der Waals surface area (Å²) in [6.07, 6.45) is 0.647. The highest BCUT2D eigenvalue weighted by atomic mass is 35.5. The monoisotopic (exact) mass is 319 g/mol. The van der Waals surface area contributed by atoms with Gasteiger partial charge in [-0.2, -0.15) is 4.31 Å². The molecule has 1 unspecified atom stereocenters. The molecule has 0 bridgehead atoms. The van der Waals surface area contributed by atoms with Crippen molar-refractivity contribution >= 4 is 28.3 Å². The van der Waals surface area contributed by atoms with E-state index in [9.17, 15) is 13.2 Å². The minimum absolute atomic E-state index is 0. The van der Waals surface area contributed by atoms with Crippen molar-refractivity contribution in [2.45, 2.75) is 24.3 Å². The first kappa shape index (κ1) is 16.9. The van der Waals surface area contributed by atoms with Gasteiger partial charge in [-0.25, -0.2) is 8.42 Å². The van der Waals surface area contributed by atoms with E-state index in [4.69, 9.17) is 11.5 Å². The number of carbonyl (C=O) groups excluding carboxylic acids is 1. The van der Waals surface area contributed by atoms with Crippen molar-refractivity contribution < 1.29 is 13.2 Å². The molecule has 1 heterocycles. The zero-order valence-electron chi connectivity index (χ0n) is 11.1. The highest BCUT2D eigenvalue weighted by Crippen LogP contribution is 2.22. The molecule has 1 aliphatic heterocycles. The lowest BCUT2D eigenvalue weighted by Gasteiger charge is -2.16. The van der Waals surface area contributed by atoms with Crippen molar-refractivity contribution in [3.63, 3.8) is 0 Å². The van der Waals surface area contributed by atoms with Crippen LogP contribution in [0.3, 0.4) is 0 Å². The van der Waals surface area contributed by atoms with Gasteiger partial charge in [0.25, 0.3) is 0 Å². The van der Waals surface area contributed by atoms with E-state index in [-0.39, 0.29) is 28.9 Å². The lowest BCUT2D eigenvalue weighted by Crippen LogP contribution is -2.32. The number of benzene rings is 1. The summed E-state index contributed by atoms with van der Waals surface area (Å²) in [7, 11) is -3.60. The van der Waals surface area contributed by atoms with E-state index in [0.29, 0.717) is 25.1 Å². The highest BCUT2D eigenvalue weighted by molar-refractivity contribution is 7.89. The van der Waals surface area contributed by atoms with Crippen LogP contribution in [0, 0.1) is 6.92 Å². The molecule has 1 aromatic carbocycles. The first-order chi connectivity index (χ1) is 8.82. The van der Waals surface area contributed by atoms with Gasteiger partial charge < -0.3 is 11.5 Å². The van der Waals surface area contributed by atoms with Gasteiger partial charge >= 0.3 is 0 Å². The number of hydrogen-bond acceptors (Lipinski definition) is 4. The van der Waals surface area contributed by atoms with Gasteiger partial charge in [-0.15, -0.1) is 12.4 Å². The lowest BCUT2D eigenvalue weighted by atomic mass is 10.1. The number of nitrogens with zero attached hydrogens (tertiary/aromatic N) is 1. The zero-order chi connectivity index (χ0) is 14.2. The zero-order valence-corrected chi connectivity index (χ0v) is 12.7. The minimum Gasteiger partial charge on any atom is -0.366 e. The van der Waals surface area contributed by atoms with Crippen molar-refractivity contribution in [2.75, 3.05) is 13.1 Å². The van der Waals surface area contributed by atoms with Crippen molar-refractivity contribution in [3.8, 4) is 0 Å². The number of carbonyl (C=O) groups is 1. The summed E-state index contributed by atoms with van der Waals surface area (Å²) in [5, 5.41) is 0. The summed E-state index contributed by atoms with van der Waals surface area (Å²) < 4.78 is 26.1. The topological polar surface area (TPSA) is 106 Å². The highest BCUT2D eigenvalue weighted by Gasteiger charge is 2.31. The number of aryl methyl sites for hydroxylation is 1. The van der Waals surface area contributed by atoms with E-state index in [1.54, 1.807) is 13.0 Å².